The second kappa shape index (κ2) is 6.66. The molecule has 3 rings (SSSR count). The molecule has 2 aromatic carbocycles. The smallest absolute Gasteiger partial charge is 0.265 e. The van der Waals surface area contributed by atoms with Gasteiger partial charge in [-0.15, -0.1) is 0 Å². The van der Waals surface area contributed by atoms with E-state index in [1.165, 1.54) is 0 Å². The molecule has 0 saturated carbocycles. The van der Waals surface area contributed by atoms with Crippen LogP contribution in [0.25, 0.3) is 0 Å². The summed E-state index contributed by atoms with van der Waals surface area (Å²) in [6.07, 6.45) is 0.445. The summed E-state index contributed by atoms with van der Waals surface area (Å²) in [6, 6.07) is 19.3. The van der Waals surface area contributed by atoms with Crippen LogP contribution in [0, 0.1) is 0 Å². The number of ketones is 1. The van der Waals surface area contributed by atoms with Crippen molar-refractivity contribution in [2.24, 2.45) is 0 Å². The fraction of sp³-hybridized carbons (Fsp3) is 0.278. The van der Waals surface area contributed by atoms with Crippen LogP contribution in [0.15, 0.2) is 60.7 Å². The van der Waals surface area contributed by atoms with Gasteiger partial charge in [-0.3, -0.25) is 4.79 Å². The van der Waals surface area contributed by atoms with Crippen molar-refractivity contribution in [2.75, 3.05) is 13.2 Å². The van der Waals surface area contributed by atoms with E-state index in [1.54, 1.807) is 0 Å². The molecule has 2 unspecified atom stereocenters. The minimum Gasteiger partial charge on any atom is -0.408 e. The van der Waals surface area contributed by atoms with Crippen molar-refractivity contribution in [1.29, 1.82) is 0 Å². The first-order valence-electron chi connectivity index (χ1n) is 7.27. The highest BCUT2D eigenvalue weighted by Gasteiger charge is 2.31. The average Bonchev–Trinajstić information content (AvgIpc) is 3.07. The number of carbonyl (C=O) groups excluding carboxylic acids is 1. The number of hydrogen-bond donors (Lipinski definition) is 0. The maximum Gasteiger partial charge on any atom is 0.265 e. The fourth-order valence-electron chi connectivity index (χ4n) is 2.67. The Morgan fingerprint density at radius 1 is 1.10 bits per heavy atom. The van der Waals surface area contributed by atoms with Gasteiger partial charge in [0.05, 0.1) is 12.3 Å². The summed E-state index contributed by atoms with van der Waals surface area (Å²) in [5.41, 5.74) is 1.77. The molecule has 108 valence electrons. The second-order valence-corrected chi connectivity index (χ2v) is 5.16. The Hall–Kier alpha value is -1.97. The van der Waals surface area contributed by atoms with E-state index in [4.69, 9.17) is 4.74 Å². The van der Waals surface area contributed by atoms with E-state index in [9.17, 15) is 4.79 Å². The molecule has 1 N–H and O–H groups in total. The monoisotopic (exact) mass is 283 g/mol. The summed E-state index contributed by atoms with van der Waals surface area (Å²) in [7, 11) is 0. The maximum absolute atomic E-state index is 12.8. The molecule has 2 atom stereocenters. The number of Topliss-reactive ketones (excluding diaryl/α,β-unsaturated/α-hetero) is 1. The number of ether oxygens (including phenoxy) is 2. The van der Waals surface area contributed by atoms with Crippen LogP contribution in [0.5, 0.6) is 0 Å². The molecule has 3 nitrogen and oxygen atoms in total. The minimum absolute atomic E-state index is 0.132. The molecule has 0 aromatic heterocycles. The van der Waals surface area contributed by atoms with Gasteiger partial charge in [0.1, 0.15) is 6.61 Å². The highest BCUT2D eigenvalue weighted by atomic mass is 16.7. The van der Waals surface area contributed by atoms with Crippen LogP contribution in [-0.4, -0.2) is 30.0 Å². The molecule has 2 aromatic rings. The van der Waals surface area contributed by atoms with Gasteiger partial charge in [-0.25, -0.2) is 0 Å². The molecule has 3 heteroatoms. The van der Waals surface area contributed by atoms with E-state index in [1.807, 2.05) is 60.7 Å². The first kappa shape index (κ1) is 14.0. The molecule has 1 fully saturated rings. The van der Waals surface area contributed by atoms with E-state index < -0.39 is 0 Å². The lowest BCUT2D eigenvalue weighted by Gasteiger charge is -2.17. The topological polar surface area (TPSA) is 39.1 Å². The van der Waals surface area contributed by atoms with E-state index in [0.717, 1.165) is 17.7 Å². The highest BCUT2D eigenvalue weighted by Crippen LogP contribution is 2.27. The second-order valence-electron chi connectivity index (χ2n) is 5.16. The largest absolute Gasteiger partial charge is 0.408 e. The summed E-state index contributed by atoms with van der Waals surface area (Å²) >= 11 is 0. The molecular weight excluding hydrogens is 264 g/mol. The molecule has 1 saturated heterocycles. The maximum atomic E-state index is 12.8. The Labute approximate surface area is 124 Å². The molecule has 1 aliphatic heterocycles. The zero-order chi connectivity index (χ0) is 14.5. The van der Waals surface area contributed by atoms with Crippen molar-refractivity contribution in [3.05, 3.63) is 71.8 Å². The van der Waals surface area contributed by atoms with Gasteiger partial charge in [0, 0.05) is 5.56 Å². The molecule has 0 bridgehead atoms. The number of benzene rings is 2. The van der Waals surface area contributed by atoms with Crippen molar-refractivity contribution in [3.8, 4) is 0 Å². The molecule has 1 heterocycles. The first-order valence-corrected chi connectivity index (χ1v) is 7.27. The van der Waals surface area contributed by atoms with Crippen LogP contribution in [-0.2, 0) is 4.74 Å². The zero-order valence-corrected chi connectivity index (χ0v) is 11.8. The average molecular weight is 283 g/mol. The summed E-state index contributed by atoms with van der Waals surface area (Å²) < 4.78 is 9.97. The Morgan fingerprint density at radius 2 is 1.76 bits per heavy atom. The third-order valence-electron chi connectivity index (χ3n) is 3.75. The van der Waals surface area contributed by atoms with E-state index in [2.05, 4.69) is 4.74 Å². The highest BCUT2D eigenvalue weighted by molar-refractivity contribution is 6.00. The third kappa shape index (κ3) is 3.38. The van der Waals surface area contributed by atoms with Crippen LogP contribution in [0.3, 0.4) is 0 Å². The number of rotatable bonds is 5. The van der Waals surface area contributed by atoms with E-state index in [0.29, 0.717) is 13.0 Å². The third-order valence-corrected chi connectivity index (χ3v) is 3.75. The molecule has 0 radical (unpaired) electrons. The van der Waals surface area contributed by atoms with Gasteiger partial charge in [-0.2, -0.15) is 0 Å². The summed E-state index contributed by atoms with van der Waals surface area (Å²) in [6.45, 7) is 1.39. The molecular formula is C18H19O3+. The molecule has 0 spiro atoms. The van der Waals surface area contributed by atoms with Crippen molar-refractivity contribution in [2.45, 2.75) is 18.6 Å². The van der Waals surface area contributed by atoms with Crippen LogP contribution < -0.4 is 0 Å². The van der Waals surface area contributed by atoms with Gasteiger partial charge in [-0.1, -0.05) is 60.7 Å². The fourth-order valence-corrected chi connectivity index (χ4v) is 2.67. The lowest BCUT2D eigenvalue weighted by atomic mass is 9.88. The zero-order valence-electron chi connectivity index (χ0n) is 11.8. The summed E-state index contributed by atoms with van der Waals surface area (Å²) in [4.78, 5) is 12.8. The molecule has 0 aliphatic carbocycles. The molecule has 21 heavy (non-hydrogen) atoms. The normalized spacial score (nSPS) is 19.3. The van der Waals surface area contributed by atoms with Crippen molar-refractivity contribution in [1.82, 2.24) is 0 Å². The predicted molar refractivity (Wildman–Crippen MR) is 81.4 cm³/mol. The van der Waals surface area contributed by atoms with E-state index in [-0.39, 0.29) is 18.0 Å². The number of hydrogen-bond acceptors (Lipinski definition) is 2. The van der Waals surface area contributed by atoms with Gasteiger partial charge < -0.3 is 9.47 Å². The molecule has 0 amide bonds. The van der Waals surface area contributed by atoms with Gasteiger partial charge in [0.2, 0.25) is 0 Å². The van der Waals surface area contributed by atoms with Crippen LogP contribution in [0.1, 0.15) is 28.3 Å². The Kier molecular flexibility index (Phi) is 4.43. The predicted octanol–water partition coefficient (Wildman–Crippen LogP) is 2.93. The molecule has 1 aliphatic rings. The van der Waals surface area contributed by atoms with Crippen LogP contribution in [0.4, 0.5) is 0 Å². The van der Waals surface area contributed by atoms with Crippen molar-refractivity contribution >= 4 is 5.78 Å². The Balaban J connectivity index is 1.86. The van der Waals surface area contributed by atoms with Crippen LogP contribution >= 0.6 is 0 Å². The lowest BCUT2D eigenvalue weighted by molar-refractivity contribution is -0.153. The van der Waals surface area contributed by atoms with Gasteiger partial charge >= 0.3 is 0 Å². The quantitative estimate of drug-likeness (QED) is 0.625. The van der Waals surface area contributed by atoms with E-state index >= 15 is 0 Å². The van der Waals surface area contributed by atoms with Crippen molar-refractivity contribution < 1.29 is 14.3 Å². The lowest BCUT2D eigenvalue weighted by Crippen LogP contribution is -2.22. The standard InChI is InChI=1S/C18H18O3/c19-18(15-9-5-2-6-10-15)16(13-17-20-11-12-21-17)14-7-3-1-4-8-14/h1-10,16-17H,11-13H2/p+1. The number of aliphatic hydroxyl groups is 2. The summed E-state index contributed by atoms with van der Waals surface area (Å²) in [5.74, 6) is -0.0760. The van der Waals surface area contributed by atoms with Gasteiger partial charge in [0.25, 0.3) is 6.29 Å². The van der Waals surface area contributed by atoms with Gasteiger partial charge in [0.15, 0.2) is 12.4 Å². The van der Waals surface area contributed by atoms with Crippen molar-refractivity contribution in [3.63, 3.8) is 0 Å². The Morgan fingerprint density at radius 3 is 2.38 bits per heavy atom. The summed E-state index contributed by atoms with van der Waals surface area (Å²) in [5, 5.41) is 0. The Bertz CT molecular complexity index is 574. The van der Waals surface area contributed by atoms with Crippen LogP contribution in [0.2, 0.25) is 0 Å². The minimum atomic E-state index is -0.208. The first-order chi connectivity index (χ1) is 10.3. The van der Waals surface area contributed by atoms with Gasteiger partial charge in [-0.05, 0) is 5.56 Å². The SMILES string of the molecule is O=C(c1ccccc1)C(CC1OCC[OH+]1)c1ccccc1. The number of carbonyl (C=O) groups is 1.